The lowest BCUT2D eigenvalue weighted by molar-refractivity contribution is 0.0445. The van der Waals surface area contributed by atoms with Crippen LogP contribution in [-0.2, 0) is 0 Å². The molecule has 0 bridgehead atoms. The van der Waals surface area contributed by atoms with Crippen LogP contribution in [0.4, 0.5) is 0 Å². The molecular formula is C12H20N2O2. The molecule has 1 fully saturated rings. The van der Waals surface area contributed by atoms with Gasteiger partial charge in [0.25, 0.3) is 0 Å². The van der Waals surface area contributed by atoms with E-state index in [2.05, 4.69) is 10.3 Å². The number of hydrogen-bond donors (Lipinski definition) is 2. The van der Waals surface area contributed by atoms with Gasteiger partial charge in [-0.2, -0.15) is 0 Å². The van der Waals surface area contributed by atoms with E-state index in [0.29, 0.717) is 12.4 Å². The SMILES string of the molecule is Cc1cnc(C(C)NCC2(O)CCCC2)o1. The molecule has 0 saturated heterocycles. The number of nitrogens with one attached hydrogen (secondary N) is 1. The summed E-state index contributed by atoms with van der Waals surface area (Å²) in [5.74, 6) is 1.52. The van der Waals surface area contributed by atoms with Gasteiger partial charge in [0.1, 0.15) is 5.76 Å². The summed E-state index contributed by atoms with van der Waals surface area (Å²) in [6, 6.07) is 0.0540. The smallest absolute Gasteiger partial charge is 0.211 e. The highest BCUT2D eigenvalue weighted by molar-refractivity contribution is 4.96. The maximum atomic E-state index is 10.2. The molecule has 0 aliphatic heterocycles. The second-order valence-electron chi connectivity index (χ2n) is 4.84. The van der Waals surface area contributed by atoms with Gasteiger partial charge in [-0.15, -0.1) is 0 Å². The normalized spacial score (nSPS) is 21.2. The molecule has 0 spiro atoms. The topological polar surface area (TPSA) is 58.3 Å². The van der Waals surface area contributed by atoms with Crippen LogP contribution in [0.3, 0.4) is 0 Å². The molecule has 1 aromatic rings. The molecule has 0 amide bonds. The third-order valence-corrected chi connectivity index (χ3v) is 3.28. The number of nitrogens with zero attached hydrogens (tertiary/aromatic N) is 1. The van der Waals surface area contributed by atoms with Crippen molar-refractivity contribution >= 4 is 0 Å². The second kappa shape index (κ2) is 4.55. The number of aryl methyl sites for hydroxylation is 1. The lowest BCUT2D eigenvalue weighted by Gasteiger charge is -2.24. The number of aromatic nitrogens is 1. The molecule has 1 atom stereocenters. The first kappa shape index (κ1) is 11.6. The van der Waals surface area contributed by atoms with E-state index >= 15 is 0 Å². The van der Waals surface area contributed by atoms with Gasteiger partial charge in [-0.25, -0.2) is 4.98 Å². The molecular weight excluding hydrogens is 204 g/mol. The van der Waals surface area contributed by atoms with Gasteiger partial charge in [0.05, 0.1) is 17.8 Å². The van der Waals surface area contributed by atoms with Crippen LogP contribution in [0, 0.1) is 6.92 Å². The highest BCUT2D eigenvalue weighted by atomic mass is 16.4. The summed E-state index contributed by atoms with van der Waals surface area (Å²) >= 11 is 0. The van der Waals surface area contributed by atoms with E-state index in [-0.39, 0.29) is 6.04 Å². The van der Waals surface area contributed by atoms with Crippen LogP contribution in [0.2, 0.25) is 0 Å². The second-order valence-corrected chi connectivity index (χ2v) is 4.84. The minimum Gasteiger partial charge on any atom is -0.444 e. The third kappa shape index (κ3) is 2.62. The quantitative estimate of drug-likeness (QED) is 0.820. The molecule has 90 valence electrons. The van der Waals surface area contributed by atoms with Crippen molar-refractivity contribution < 1.29 is 9.52 Å². The third-order valence-electron chi connectivity index (χ3n) is 3.28. The van der Waals surface area contributed by atoms with Crippen molar-refractivity contribution in [1.82, 2.24) is 10.3 Å². The number of rotatable bonds is 4. The summed E-state index contributed by atoms with van der Waals surface area (Å²) in [7, 11) is 0. The zero-order chi connectivity index (χ0) is 11.6. The summed E-state index contributed by atoms with van der Waals surface area (Å²) in [6.45, 7) is 4.51. The summed E-state index contributed by atoms with van der Waals surface area (Å²) in [5.41, 5.74) is -0.518. The average molecular weight is 224 g/mol. The first-order chi connectivity index (χ1) is 7.59. The first-order valence-electron chi connectivity index (χ1n) is 5.97. The van der Waals surface area contributed by atoms with Crippen molar-refractivity contribution in [3.05, 3.63) is 17.8 Å². The van der Waals surface area contributed by atoms with Crippen molar-refractivity contribution in [3.63, 3.8) is 0 Å². The zero-order valence-corrected chi connectivity index (χ0v) is 9.99. The molecule has 4 nitrogen and oxygen atoms in total. The van der Waals surface area contributed by atoms with Gasteiger partial charge in [0, 0.05) is 6.54 Å². The minimum absolute atomic E-state index is 0.0540. The molecule has 2 rings (SSSR count). The fourth-order valence-electron chi connectivity index (χ4n) is 2.21. The van der Waals surface area contributed by atoms with Crippen LogP contribution in [0.5, 0.6) is 0 Å². The van der Waals surface area contributed by atoms with Gasteiger partial charge in [-0.05, 0) is 26.7 Å². The van der Waals surface area contributed by atoms with Crippen molar-refractivity contribution in [3.8, 4) is 0 Å². The Hall–Kier alpha value is -0.870. The van der Waals surface area contributed by atoms with Crippen molar-refractivity contribution in [2.75, 3.05) is 6.54 Å². The fourth-order valence-corrected chi connectivity index (χ4v) is 2.21. The van der Waals surface area contributed by atoms with E-state index < -0.39 is 5.60 Å². The fraction of sp³-hybridized carbons (Fsp3) is 0.750. The predicted octanol–water partition coefficient (Wildman–Crippen LogP) is 1.94. The molecule has 0 aromatic carbocycles. The highest BCUT2D eigenvalue weighted by Crippen LogP contribution is 2.29. The van der Waals surface area contributed by atoms with Crippen molar-refractivity contribution in [1.29, 1.82) is 0 Å². The van der Waals surface area contributed by atoms with Gasteiger partial charge in [-0.1, -0.05) is 12.8 Å². The van der Waals surface area contributed by atoms with Gasteiger partial charge < -0.3 is 14.8 Å². The summed E-state index contributed by atoms with van der Waals surface area (Å²) in [6.07, 6.45) is 5.78. The molecule has 2 N–H and O–H groups in total. The first-order valence-corrected chi connectivity index (χ1v) is 5.97. The molecule has 1 saturated carbocycles. The van der Waals surface area contributed by atoms with E-state index in [1.165, 1.54) is 0 Å². The van der Waals surface area contributed by atoms with E-state index in [9.17, 15) is 5.11 Å². The Balaban J connectivity index is 1.86. The van der Waals surface area contributed by atoms with E-state index in [0.717, 1.165) is 31.4 Å². The number of hydrogen-bond acceptors (Lipinski definition) is 4. The van der Waals surface area contributed by atoms with Crippen LogP contribution in [0.1, 0.15) is 50.3 Å². The maximum absolute atomic E-state index is 10.2. The van der Waals surface area contributed by atoms with Crippen LogP contribution < -0.4 is 5.32 Å². The zero-order valence-electron chi connectivity index (χ0n) is 9.99. The molecule has 1 heterocycles. The molecule has 1 aliphatic carbocycles. The molecule has 1 unspecified atom stereocenters. The highest BCUT2D eigenvalue weighted by Gasteiger charge is 2.31. The van der Waals surface area contributed by atoms with Crippen LogP contribution in [0.15, 0.2) is 10.6 Å². The molecule has 4 heteroatoms. The average Bonchev–Trinajstić information content (AvgIpc) is 2.85. The lowest BCUT2D eigenvalue weighted by Crippen LogP contribution is -2.39. The Labute approximate surface area is 96.1 Å². The maximum Gasteiger partial charge on any atom is 0.211 e. The van der Waals surface area contributed by atoms with Gasteiger partial charge >= 0.3 is 0 Å². The Kier molecular flexibility index (Phi) is 3.30. The molecule has 1 aliphatic rings. The van der Waals surface area contributed by atoms with E-state index in [1.807, 2.05) is 13.8 Å². The minimum atomic E-state index is -0.518. The summed E-state index contributed by atoms with van der Waals surface area (Å²) < 4.78 is 5.44. The van der Waals surface area contributed by atoms with Crippen LogP contribution in [-0.4, -0.2) is 22.2 Å². The largest absolute Gasteiger partial charge is 0.444 e. The van der Waals surface area contributed by atoms with E-state index in [1.54, 1.807) is 6.20 Å². The van der Waals surface area contributed by atoms with Crippen molar-refractivity contribution in [2.24, 2.45) is 0 Å². The van der Waals surface area contributed by atoms with Gasteiger partial charge in [0.2, 0.25) is 5.89 Å². The van der Waals surface area contributed by atoms with Crippen LogP contribution >= 0.6 is 0 Å². The number of aliphatic hydroxyl groups is 1. The Morgan fingerprint density at radius 3 is 2.81 bits per heavy atom. The Morgan fingerprint density at radius 2 is 2.25 bits per heavy atom. The Bertz CT molecular complexity index is 343. The Morgan fingerprint density at radius 1 is 1.56 bits per heavy atom. The standard InChI is InChI=1S/C12H20N2O2/c1-9-7-13-11(16-9)10(2)14-8-12(15)5-3-4-6-12/h7,10,14-15H,3-6,8H2,1-2H3. The van der Waals surface area contributed by atoms with Gasteiger partial charge in [0.15, 0.2) is 0 Å². The number of oxazole rings is 1. The predicted molar refractivity (Wildman–Crippen MR) is 61.1 cm³/mol. The monoisotopic (exact) mass is 224 g/mol. The lowest BCUT2D eigenvalue weighted by atomic mass is 10.0. The van der Waals surface area contributed by atoms with Crippen LogP contribution in [0.25, 0.3) is 0 Å². The van der Waals surface area contributed by atoms with Crippen molar-refractivity contribution in [2.45, 2.75) is 51.2 Å². The molecule has 1 aromatic heterocycles. The summed E-state index contributed by atoms with van der Waals surface area (Å²) in [5, 5.41) is 13.5. The van der Waals surface area contributed by atoms with E-state index in [4.69, 9.17) is 4.42 Å². The molecule has 0 radical (unpaired) electrons. The molecule has 16 heavy (non-hydrogen) atoms. The summed E-state index contributed by atoms with van der Waals surface area (Å²) in [4.78, 5) is 4.17. The van der Waals surface area contributed by atoms with Gasteiger partial charge in [-0.3, -0.25) is 0 Å².